The van der Waals surface area contributed by atoms with Crippen molar-refractivity contribution >= 4 is 29.5 Å². The number of carboxylic acids is 1. The Bertz CT molecular complexity index is 973. The largest absolute Gasteiger partial charge is 0.481 e. The van der Waals surface area contributed by atoms with E-state index in [1.807, 2.05) is 20.8 Å². The van der Waals surface area contributed by atoms with Gasteiger partial charge in [-0.05, 0) is 42.4 Å². The molecule has 10 heteroatoms. The second kappa shape index (κ2) is 11.7. The number of carbonyl (C=O) groups is 4. The van der Waals surface area contributed by atoms with Crippen LogP contribution in [-0.4, -0.2) is 64.0 Å². The number of hydrogen-bond donors (Lipinski definition) is 3. The second-order valence-electron chi connectivity index (χ2n) is 10.9. The number of aliphatic carboxylic acids is 1. The number of nitrogens with one attached hydrogen (secondary N) is 2. The fraction of sp³-hybridized carbons (Fsp3) is 0.615. The van der Waals surface area contributed by atoms with E-state index in [0.717, 1.165) is 38.2 Å². The molecular formula is C26H37FN4O5. The zero-order chi connectivity index (χ0) is 26.5. The van der Waals surface area contributed by atoms with Crippen LogP contribution in [0.4, 0.5) is 14.9 Å². The Hall–Kier alpha value is -3.17. The molecule has 0 radical (unpaired) electrons. The molecule has 1 aliphatic carbocycles. The van der Waals surface area contributed by atoms with Crippen molar-refractivity contribution in [3.63, 3.8) is 0 Å². The summed E-state index contributed by atoms with van der Waals surface area (Å²) in [6, 6.07) is 4.17. The van der Waals surface area contributed by atoms with Crippen LogP contribution in [0, 0.1) is 17.2 Å². The Morgan fingerprint density at radius 2 is 1.75 bits per heavy atom. The summed E-state index contributed by atoms with van der Waals surface area (Å²) < 4.78 is 13.6. The van der Waals surface area contributed by atoms with Crippen molar-refractivity contribution in [2.45, 2.75) is 77.9 Å². The van der Waals surface area contributed by atoms with Gasteiger partial charge in [-0.2, -0.15) is 0 Å². The molecule has 1 heterocycles. The summed E-state index contributed by atoms with van der Waals surface area (Å²) in [6.45, 7) is 6.02. The van der Waals surface area contributed by atoms with E-state index in [2.05, 4.69) is 10.6 Å². The van der Waals surface area contributed by atoms with E-state index in [4.69, 9.17) is 0 Å². The van der Waals surface area contributed by atoms with E-state index in [1.54, 1.807) is 0 Å². The molecule has 1 aliphatic heterocycles. The summed E-state index contributed by atoms with van der Waals surface area (Å²) in [6.07, 6.45) is 3.38. The maximum Gasteiger partial charge on any atom is 0.323 e. The minimum absolute atomic E-state index is 0.0218. The minimum atomic E-state index is -1.23. The normalized spacial score (nSPS) is 19.6. The average Bonchev–Trinajstić information content (AvgIpc) is 3.24. The van der Waals surface area contributed by atoms with E-state index < -0.39 is 35.9 Å². The van der Waals surface area contributed by atoms with E-state index in [-0.39, 0.29) is 48.9 Å². The fourth-order valence-electron chi connectivity index (χ4n) is 5.02. The molecule has 2 fully saturated rings. The summed E-state index contributed by atoms with van der Waals surface area (Å²) in [5.74, 6) is -2.36. The maximum absolute atomic E-state index is 13.6. The highest BCUT2D eigenvalue weighted by atomic mass is 19.1. The smallest absolute Gasteiger partial charge is 0.323 e. The standard InChI is InChI=1S/C26H37FN4O5/c1-26(2,3)16-21(32)30-12-13-31(25(36)28-19-11-7-10-18(27)14-19)24(30)23(35)29-20(15-22(33)34)17-8-5-4-6-9-17/h7,10-11,14,17,20,24H,4-6,8-9,12-13,15-16H2,1-3H3,(H,28,36)(H,29,35)(H,33,34). The van der Waals surface area contributed by atoms with Crippen molar-refractivity contribution in [1.82, 2.24) is 15.1 Å². The van der Waals surface area contributed by atoms with Gasteiger partial charge in [0.2, 0.25) is 5.91 Å². The van der Waals surface area contributed by atoms with Gasteiger partial charge in [-0.15, -0.1) is 0 Å². The van der Waals surface area contributed by atoms with Gasteiger partial charge in [-0.1, -0.05) is 46.1 Å². The molecule has 9 nitrogen and oxygen atoms in total. The van der Waals surface area contributed by atoms with Crippen LogP contribution in [0.1, 0.15) is 65.7 Å². The van der Waals surface area contributed by atoms with Crippen molar-refractivity contribution in [3.05, 3.63) is 30.1 Å². The van der Waals surface area contributed by atoms with E-state index >= 15 is 0 Å². The van der Waals surface area contributed by atoms with Gasteiger partial charge >= 0.3 is 12.0 Å². The van der Waals surface area contributed by atoms with Crippen LogP contribution in [0.5, 0.6) is 0 Å². The lowest BCUT2D eigenvalue weighted by Gasteiger charge is -2.34. The van der Waals surface area contributed by atoms with Crippen LogP contribution in [0.2, 0.25) is 0 Å². The predicted molar refractivity (Wildman–Crippen MR) is 132 cm³/mol. The Kier molecular flexibility index (Phi) is 8.92. The SMILES string of the molecule is CC(C)(C)CC(=O)N1CCN(C(=O)Nc2cccc(F)c2)C1C(=O)NC(CC(=O)O)C1CCCCC1. The monoisotopic (exact) mass is 504 g/mol. The predicted octanol–water partition coefficient (Wildman–Crippen LogP) is 3.80. The lowest BCUT2D eigenvalue weighted by Crippen LogP contribution is -2.57. The van der Waals surface area contributed by atoms with Gasteiger partial charge in [0.05, 0.1) is 6.42 Å². The number of carboxylic acid groups (broad SMARTS) is 1. The number of nitrogens with zero attached hydrogens (tertiary/aromatic N) is 2. The number of rotatable bonds is 7. The third-order valence-corrected chi connectivity index (χ3v) is 6.69. The van der Waals surface area contributed by atoms with Crippen LogP contribution < -0.4 is 10.6 Å². The molecule has 198 valence electrons. The Labute approximate surface area is 211 Å². The van der Waals surface area contributed by atoms with Gasteiger partial charge in [0.1, 0.15) is 5.82 Å². The zero-order valence-corrected chi connectivity index (χ0v) is 21.3. The number of carbonyl (C=O) groups excluding carboxylic acids is 3. The molecule has 2 aliphatic rings. The third kappa shape index (κ3) is 7.41. The first-order valence-corrected chi connectivity index (χ1v) is 12.6. The van der Waals surface area contributed by atoms with Gasteiger partial charge in [0, 0.05) is 31.2 Å². The topological polar surface area (TPSA) is 119 Å². The van der Waals surface area contributed by atoms with Gasteiger partial charge in [0.25, 0.3) is 5.91 Å². The lowest BCUT2D eigenvalue weighted by molar-refractivity contribution is -0.144. The minimum Gasteiger partial charge on any atom is -0.481 e. The molecule has 2 unspecified atom stereocenters. The molecule has 1 saturated carbocycles. The second-order valence-corrected chi connectivity index (χ2v) is 10.9. The van der Waals surface area contributed by atoms with Crippen molar-refractivity contribution in [2.75, 3.05) is 18.4 Å². The van der Waals surface area contributed by atoms with Crippen LogP contribution in [0.15, 0.2) is 24.3 Å². The maximum atomic E-state index is 13.6. The molecule has 0 spiro atoms. The Morgan fingerprint density at radius 3 is 2.36 bits per heavy atom. The zero-order valence-electron chi connectivity index (χ0n) is 21.3. The summed E-state index contributed by atoms with van der Waals surface area (Å²) in [4.78, 5) is 54.1. The van der Waals surface area contributed by atoms with Crippen molar-refractivity contribution in [2.24, 2.45) is 11.3 Å². The number of hydrogen-bond acceptors (Lipinski definition) is 4. The number of amides is 4. The first-order chi connectivity index (χ1) is 16.9. The molecule has 0 bridgehead atoms. The number of urea groups is 1. The highest BCUT2D eigenvalue weighted by Gasteiger charge is 2.44. The molecule has 2 atom stereocenters. The molecule has 1 saturated heterocycles. The quantitative estimate of drug-likeness (QED) is 0.522. The third-order valence-electron chi connectivity index (χ3n) is 6.69. The first kappa shape index (κ1) is 27.4. The van der Waals surface area contributed by atoms with Gasteiger partial charge in [-0.25, -0.2) is 9.18 Å². The van der Waals surface area contributed by atoms with E-state index in [9.17, 15) is 28.7 Å². The molecule has 1 aromatic rings. The number of benzene rings is 1. The van der Waals surface area contributed by atoms with Crippen LogP contribution in [0.3, 0.4) is 0 Å². The summed E-state index contributed by atoms with van der Waals surface area (Å²) in [5, 5.41) is 14.9. The van der Waals surface area contributed by atoms with E-state index in [1.165, 1.54) is 28.0 Å². The van der Waals surface area contributed by atoms with E-state index in [0.29, 0.717) is 0 Å². The number of anilines is 1. The van der Waals surface area contributed by atoms with Crippen molar-refractivity contribution < 1.29 is 28.7 Å². The summed E-state index contributed by atoms with van der Waals surface area (Å²) >= 11 is 0. The summed E-state index contributed by atoms with van der Waals surface area (Å²) in [7, 11) is 0. The van der Waals surface area contributed by atoms with Gasteiger partial charge in [-0.3, -0.25) is 19.3 Å². The van der Waals surface area contributed by atoms with Gasteiger partial charge in [0.15, 0.2) is 6.17 Å². The van der Waals surface area contributed by atoms with Crippen LogP contribution in [0.25, 0.3) is 0 Å². The summed E-state index contributed by atoms with van der Waals surface area (Å²) in [5.41, 5.74) is -0.104. The average molecular weight is 505 g/mol. The Balaban J connectivity index is 1.84. The Morgan fingerprint density at radius 1 is 1.08 bits per heavy atom. The molecular weight excluding hydrogens is 467 g/mol. The van der Waals surface area contributed by atoms with Crippen molar-refractivity contribution in [3.8, 4) is 0 Å². The fourth-order valence-corrected chi connectivity index (χ4v) is 5.02. The highest BCUT2D eigenvalue weighted by Crippen LogP contribution is 2.29. The lowest BCUT2D eigenvalue weighted by atomic mass is 9.82. The molecule has 3 rings (SSSR count). The van der Waals surface area contributed by atoms with Crippen LogP contribution in [-0.2, 0) is 14.4 Å². The van der Waals surface area contributed by atoms with Crippen molar-refractivity contribution in [1.29, 1.82) is 0 Å². The molecule has 3 N–H and O–H groups in total. The molecule has 4 amide bonds. The molecule has 0 aromatic heterocycles. The van der Waals surface area contributed by atoms with Gasteiger partial charge < -0.3 is 20.6 Å². The number of halogens is 1. The molecule has 1 aromatic carbocycles. The first-order valence-electron chi connectivity index (χ1n) is 12.6. The molecule has 36 heavy (non-hydrogen) atoms. The van der Waals surface area contributed by atoms with Crippen LogP contribution >= 0.6 is 0 Å². The highest BCUT2D eigenvalue weighted by molar-refractivity contribution is 5.96.